The quantitative estimate of drug-likeness (QED) is 0.880. The van der Waals surface area contributed by atoms with Gasteiger partial charge < -0.3 is 9.88 Å². The second-order valence-corrected chi connectivity index (χ2v) is 5.79. The standard InChI is InChI=1S/C16H15ClN2O2/c1-9-5-10(8-19(2)16(9)21)13-6-11(17)7-14-12(13)3-4-15(20)18-14/h5-8H,3-4H2,1-2H3,(H,18,20). The maximum absolute atomic E-state index is 11.8. The number of rotatable bonds is 1. The lowest BCUT2D eigenvalue weighted by molar-refractivity contribution is -0.116. The van der Waals surface area contributed by atoms with Crippen LogP contribution in [0.15, 0.2) is 29.2 Å². The predicted octanol–water partition coefficient (Wildman–Crippen LogP) is 2.90. The second kappa shape index (κ2) is 5.04. The number of amides is 1. The van der Waals surface area contributed by atoms with Gasteiger partial charge in [0.2, 0.25) is 5.91 Å². The minimum atomic E-state index is -0.0112. The van der Waals surface area contributed by atoms with E-state index >= 15 is 0 Å². The first-order valence-electron chi connectivity index (χ1n) is 6.75. The molecule has 0 bridgehead atoms. The van der Waals surface area contributed by atoms with E-state index in [0.717, 1.165) is 22.4 Å². The lowest BCUT2D eigenvalue weighted by Crippen LogP contribution is -2.20. The van der Waals surface area contributed by atoms with Crippen LogP contribution in [0.3, 0.4) is 0 Å². The van der Waals surface area contributed by atoms with E-state index in [1.54, 1.807) is 30.8 Å². The number of aromatic nitrogens is 1. The Balaban J connectivity index is 2.24. The van der Waals surface area contributed by atoms with Crippen LogP contribution in [0, 0.1) is 6.92 Å². The number of nitrogens with zero attached hydrogens (tertiary/aromatic N) is 1. The highest BCUT2D eigenvalue weighted by molar-refractivity contribution is 6.31. The Morgan fingerprint density at radius 2 is 1.95 bits per heavy atom. The zero-order valence-corrected chi connectivity index (χ0v) is 12.6. The van der Waals surface area contributed by atoms with Crippen molar-refractivity contribution in [2.75, 3.05) is 5.32 Å². The number of pyridine rings is 1. The fraction of sp³-hybridized carbons (Fsp3) is 0.250. The van der Waals surface area contributed by atoms with Gasteiger partial charge in [0.1, 0.15) is 0 Å². The summed E-state index contributed by atoms with van der Waals surface area (Å²) in [5.41, 5.74) is 4.41. The third kappa shape index (κ3) is 2.47. The van der Waals surface area contributed by atoms with Gasteiger partial charge >= 0.3 is 0 Å². The largest absolute Gasteiger partial charge is 0.326 e. The van der Waals surface area contributed by atoms with Gasteiger partial charge in [-0.3, -0.25) is 9.59 Å². The molecule has 1 aliphatic rings. The van der Waals surface area contributed by atoms with Crippen molar-refractivity contribution in [1.82, 2.24) is 4.57 Å². The number of nitrogens with one attached hydrogen (secondary N) is 1. The average molecular weight is 303 g/mol. The summed E-state index contributed by atoms with van der Waals surface area (Å²) >= 11 is 6.17. The van der Waals surface area contributed by atoms with E-state index in [2.05, 4.69) is 5.32 Å². The van der Waals surface area contributed by atoms with Crippen LogP contribution in [0.25, 0.3) is 11.1 Å². The van der Waals surface area contributed by atoms with Gasteiger partial charge in [-0.25, -0.2) is 0 Å². The topological polar surface area (TPSA) is 51.1 Å². The van der Waals surface area contributed by atoms with Crippen LogP contribution in [0.4, 0.5) is 5.69 Å². The second-order valence-electron chi connectivity index (χ2n) is 5.36. The smallest absolute Gasteiger partial charge is 0.253 e. The summed E-state index contributed by atoms with van der Waals surface area (Å²) in [6.45, 7) is 1.80. The van der Waals surface area contributed by atoms with Gasteiger partial charge in [0, 0.05) is 35.9 Å². The van der Waals surface area contributed by atoms with Crippen LogP contribution < -0.4 is 10.9 Å². The molecule has 2 heterocycles. The zero-order chi connectivity index (χ0) is 15.1. The lowest BCUT2D eigenvalue weighted by atomic mass is 9.93. The van der Waals surface area contributed by atoms with Crippen molar-refractivity contribution in [3.63, 3.8) is 0 Å². The van der Waals surface area contributed by atoms with E-state index in [0.29, 0.717) is 23.4 Å². The van der Waals surface area contributed by atoms with Crippen LogP contribution in [0.5, 0.6) is 0 Å². The Morgan fingerprint density at radius 1 is 1.19 bits per heavy atom. The van der Waals surface area contributed by atoms with Crippen molar-refractivity contribution in [2.45, 2.75) is 19.8 Å². The monoisotopic (exact) mass is 302 g/mol. The highest BCUT2D eigenvalue weighted by Gasteiger charge is 2.20. The molecule has 0 fully saturated rings. The van der Waals surface area contributed by atoms with Gasteiger partial charge in [-0.2, -0.15) is 0 Å². The molecule has 1 aromatic heterocycles. The van der Waals surface area contributed by atoms with Crippen molar-refractivity contribution in [2.24, 2.45) is 7.05 Å². The maximum atomic E-state index is 11.8. The summed E-state index contributed by atoms with van der Waals surface area (Å²) in [6, 6.07) is 5.52. The van der Waals surface area contributed by atoms with Crippen LogP contribution in [-0.4, -0.2) is 10.5 Å². The molecule has 0 spiro atoms. The van der Waals surface area contributed by atoms with Crippen molar-refractivity contribution in [3.05, 3.63) is 50.9 Å². The Hall–Kier alpha value is -2.07. The van der Waals surface area contributed by atoms with E-state index in [-0.39, 0.29) is 11.5 Å². The molecule has 1 amide bonds. The van der Waals surface area contributed by atoms with E-state index in [4.69, 9.17) is 11.6 Å². The summed E-state index contributed by atoms with van der Waals surface area (Å²) < 4.78 is 1.57. The van der Waals surface area contributed by atoms with Gasteiger partial charge in [0.15, 0.2) is 0 Å². The number of hydrogen-bond acceptors (Lipinski definition) is 2. The molecule has 0 atom stereocenters. The molecule has 0 unspecified atom stereocenters. The first-order chi connectivity index (χ1) is 9.95. The number of aryl methyl sites for hydroxylation is 2. The van der Waals surface area contributed by atoms with E-state index < -0.39 is 0 Å². The van der Waals surface area contributed by atoms with Gasteiger partial charge in [-0.15, -0.1) is 0 Å². The number of fused-ring (bicyclic) bond motifs is 1. The number of benzene rings is 1. The number of halogens is 1. The van der Waals surface area contributed by atoms with Gasteiger partial charge in [-0.1, -0.05) is 11.6 Å². The summed E-state index contributed by atoms with van der Waals surface area (Å²) in [5, 5.41) is 3.43. The molecular weight excluding hydrogens is 288 g/mol. The molecule has 3 rings (SSSR count). The van der Waals surface area contributed by atoms with Crippen molar-refractivity contribution >= 4 is 23.2 Å². The number of hydrogen-bond donors (Lipinski definition) is 1. The Bertz CT molecular complexity index is 782. The number of carbonyl (C=O) groups is 1. The molecule has 5 heteroatoms. The molecule has 1 aliphatic heterocycles. The minimum Gasteiger partial charge on any atom is -0.326 e. The summed E-state index contributed by atoms with van der Waals surface area (Å²) in [5.74, 6) is 0.00681. The first kappa shape index (κ1) is 13.9. The van der Waals surface area contributed by atoms with Gasteiger partial charge in [0.05, 0.1) is 0 Å². The molecule has 1 aromatic carbocycles. The molecule has 0 radical (unpaired) electrons. The van der Waals surface area contributed by atoms with Gasteiger partial charge in [-0.05, 0) is 48.2 Å². The summed E-state index contributed by atoms with van der Waals surface area (Å²) in [7, 11) is 1.73. The van der Waals surface area contributed by atoms with Crippen LogP contribution in [0.2, 0.25) is 5.02 Å². The molecule has 2 aromatic rings. The third-order valence-corrected chi connectivity index (χ3v) is 3.98. The fourth-order valence-electron chi connectivity index (χ4n) is 2.75. The number of anilines is 1. The van der Waals surface area contributed by atoms with Gasteiger partial charge in [0.25, 0.3) is 5.56 Å². The minimum absolute atomic E-state index is 0.00681. The SMILES string of the molecule is Cc1cc(-c2cc(Cl)cc3c2CCC(=O)N3)cn(C)c1=O. The third-order valence-electron chi connectivity index (χ3n) is 3.76. The van der Waals surface area contributed by atoms with Crippen LogP contribution >= 0.6 is 11.6 Å². The van der Waals surface area contributed by atoms with Crippen molar-refractivity contribution in [3.8, 4) is 11.1 Å². The van der Waals surface area contributed by atoms with Crippen LogP contribution in [0.1, 0.15) is 17.5 Å². The molecule has 21 heavy (non-hydrogen) atoms. The summed E-state index contributed by atoms with van der Waals surface area (Å²) in [6.07, 6.45) is 2.94. The summed E-state index contributed by atoms with van der Waals surface area (Å²) in [4.78, 5) is 23.4. The molecule has 4 nitrogen and oxygen atoms in total. The van der Waals surface area contributed by atoms with E-state index in [1.807, 2.05) is 12.1 Å². The highest BCUT2D eigenvalue weighted by atomic mass is 35.5. The fourth-order valence-corrected chi connectivity index (χ4v) is 2.97. The maximum Gasteiger partial charge on any atom is 0.253 e. The molecule has 0 saturated heterocycles. The molecule has 0 aliphatic carbocycles. The van der Waals surface area contributed by atoms with E-state index in [1.165, 1.54) is 0 Å². The number of carbonyl (C=O) groups excluding carboxylic acids is 1. The van der Waals surface area contributed by atoms with Crippen molar-refractivity contribution in [1.29, 1.82) is 0 Å². The predicted molar refractivity (Wildman–Crippen MR) is 83.8 cm³/mol. The molecule has 1 N–H and O–H groups in total. The highest BCUT2D eigenvalue weighted by Crippen LogP contribution is 2.35. The van der Waals surface area contributed by atoms with E-state index in [9.17, 15) is 9.59 Å². The Morgan fingerprint density at radius 3 is 2.67 bits per heavy atom. The van der Waals surface area contributed by atoms with Crippen molar-refractivity contribution < 1.29 is 4.79 Å². The molecule has 0 saturated carbocycles. The Kier molecular flexibility index (Phi) is 3.33. The molecule has 108 valence electrons. The average Bonchev–Trinajstić information content (AvgIpc) is 2.42. The molecular formula is C16H15ClN2O2. The lowest BCUT2D eigenvalue weighted by Gasteiger charge is -2.21. The normalized spacial score (nSPS) is 13.8. The zero-order valence-electron chi connectivity index (χ0n) is 11.9. The first-order valence-corrected chi connectivity index (χ1v) is 7.13. The van der Waals surface area contributed by atoms with Crippen LogP contribution in [-0.2, 0) is 18.3 Å². The Labute approximate surface area is 127 Å².